The van der Waals surface area contributed by atoms with Crippen LogP contribution in [0.4, 0.5) is 0 Å². The van der Waals surface area contributed by atoms with E-state index in [1.807, 2.05) is 0 Å². The lowest BCUT2D eigenvalue weighted by atomic mass is 9.77. The summed E-state index contributed by atoms with van der Waals surface area (Å²) in [6.07, 6.45) is 4.89. The summed E-state index contributed by atoms with van der Waals surface area (Å²) in [5.41, 5.74) is 6.85. The molecule has 21 heavy (non-hydrogen) atoms. The standard InChI is InChI=1S/C12H15N7OS/c1-20-6-8-16-17-11-19(8)18-9(21-11)7-5-14-10(15-7)12(13)3-2-4-12/h5H,2-4,6,13H2,1H3,(H,14,15). The van der Waals surface area contributed by atoms with E-state index < -0.39 is 0 Å². The second-order valence-corrected chi connectivity index (χ2v) is 6.26. The minimum Gasteiger partial charge on any atom is -0.377 e. The highest BCUT2D eigenvalue weighted by molar-refractivity contribution is 7.19. The zero-order valence-electron chi connectivity index (χ0n) is 11.5. The Morgan fingerprint density at radius 2 is 2.33 bits per heavy atom. The van der Waals surface area contributed by atoms with Gasteiger partial charge in [-0.15, -0.1) is 10.2 Å². The Morgan fingerprint density at radius 3 is 3.05 bits per heavy atom. The summed E-state index contributed by atoms with van der Waals surface area (Å²) < 4.78 is 6.78. The molecule has 1 aliphatic carbocycles. The number of nitrogens with zero attached hydrogens (tertiary/aromatic N) is 5. The minimum atomic E-state index is -0.293. The van der Waals surface area contributed by atoms with Gasteiger partial charge in [-0.25, -0.2) is 4.98 Å². The van der Waals surface area contributed by atoms with Crippen molar-refractivity contribution in [2.75, 3.05) is 7.11 Å². The summed E-state index contributed by atoms with van der Waals surface area (Å²) >= 11 is 1.46. The molecule has 8 nitrogen and oxygen atoms in total. The van der Waals surface area contributed by atoms with Gasteiger partial charge in [0, 0.05) is 7.11 Å². The predicted molar refractivity (Wildman–Crippen MR) is 76.7 cm³/mol. The number of methoxy groups -OCH3 is 1. The second kappa shape index (κ2) is 4.58. The number of imidazole rings is 1. The number of H-pyrrole nitrogens is 1. The molecular weight excluding hydrogens is 290 g/mol. The van der Waals surface area contributed by atoms with Crippen LogP contribution in [0.2, 0.25) is 0 Å². The van der Waals surface area contributed by atoms with Crippen LogP contribution in [-0.4, -0.2) is 36.9 Å². The van der Waals surface area contributed by atoms with Crippen LogP contribution in [0, 0.1) is 0 Å². The molecule has 3 heterocycles. The Morgan fingerprint density at radius 1 is 1.48 bits per heavy atom. The fourth-order valence-electron chi connectivity index (χ4n) is 2.46. The van der Waals surface area contributed by atoms with Gasteiger partial charge in [-0.2, -0.15) is 9.61 Å². The molecule has 3 aromatic heterocycles. The number of aromatic amines is 1. The lowest BCUT2D eigenvalue weighted by Crippen LogP contribution is -2.44. The molecule has 110 valence electrons. The van der Waals surface area contributed by atoms with Crippen molar-refractivity contribution in [3.05, 3.63) is 17.8 Å². The molecule has 0 radical (unpaired) electrons. The monoisotopic (exact) mass is 305 g/mol. The average molecular weight is 305 g/mol. The summed E-state index contributed by atoms with van der Waals surface area (Å²) in [5, 5.41) is 13.5. The fraction of sp³-hybridized carbons (Fsp3) is 0.500. The van der Waals surface area contributed by atoms with Gasteiger partial charge < -0.3 is 15.5 Å². The van der Waals surface area contributed by atoms with Crippen molar-refractivity contribution < 1.29 is 4.74 Å². The van der Waals surface area contributed by atoms with Gasteiger partial charge in [0.1, 0.15) is 12.4 Å². The Bertz CT molecular complexity index is 785. The molecule has 4 rings (SSSR count). The number of hydrogen-bond donors (Lipinski definition) is 2. The second-order valence-electron chi connectivity index (χ2n) is 5.31. The third-order valence-electron chi connectivity index (χ3n) is 3.85. The van der Waals surface area contributed by atoms with Gasteiger partial charge in [-0.3, -0.25) is 0 Å². The number of aromatic nitrogens is 6. The Hall–Kier alpha value is -1.84. The zero-order valence-corrected chi connectivity index (χ0v) is 12.4. The van der Waals surface area contributed by atoms with Crippen molar-refractivity contribution in [3.63, 3.8) is 0 Å². The van der Waals surface area contributed by atoms with E-state index in [2.05, 4.69) is 25.3 Å². The highest BCUT2D eigenvalue weighted by Crippen LogP contribution is 2.38. The van der Waals surface area contributed by atoms with E-state index in [9.17, 15) is 0 Å². The molecule has 1 saturated carbocycles. The maximum Gasteiger partial charge on any atom is 0.235 e. The van der Waals surface area contributed by atoms with E-state index in [0.717, 1.165) is 40.7 Å². The van der Waals surface area contributed by atoms with Crippen LogP contribution in [0.1, 0.15) is 30.9 Å². The van der Waals surface area contributed by atoms with E-state index in [0.29, 0.717) is 12.4 Å². The first kappa shape index (κ1) is 12.9. The molecule has 0 atom stereocenters. The fourth-order valence-corrected chi connectivity index (χ4v) is 3.29. The summed E-state index contributed by atoms with van der Waals surface area (Å²) in [4.78, 5) is 8.44. The largest absolute Gasteiger partial charge is 0.377 e. The van der Waals surface area contributed by atoms with Crippen LogP contribution in [0.5, 0.6) is 0 Å². The quantitative estimate of drug-likeness (QED) is 0.746. The van der Waals surface area contributed by atoms with Crippen molar-refractivity contribution in [1.82, 2.24) is 29.8 Å². The van der Waals surface area contributed by atoms with Crippen LogP contribution in [0.3, 0.4) is 0 Å². The van der Waals surface area contributed by atoms with Crippen molar-refractivity contribution in [2.24, 2.45) is 5.73 Å². The van der Waals surface area contributed by atoms with E-state index in [1.54, 1.807) is 17.8 Å². The maximum absolute atomic E-state index is 6.28. The molecule has 0 aliphatic heterocycles. The average Bonchev–Trinajstić information content (AvgIpc) is 3.11. The zero-order chi connectivity index (χ0) is 14.4. The third kappa shape index (κ3) is 1.96. The number of fused-ring (bicyclic) bond motifs is 1. The molecule has 0 unspecified atom stereocenters. The van der Waals surface area contributed by atoms with Gasteiger partial charge in [-0.05, 0) is 19.3 Å². The van der Waals surface area contributed by atoms with Crippen LogP contribution < -0.4 is 5.73 Å². The predicted octanol–water partition coefficient (Wildman–Crippen LogP) is 1.06. The number of nitrogens with one attached hydrogen (secondary N) is 1. The first-order valence-electron chi connectivity index (χ1n) is 6.74. The first-order valence-corrected chi connectivity index (χ1v) is 7.56. The van der Waals surface area contributed by atoms with Gasteiger partial charge >= 0.3 is 0 Å². The van der Waals surface area contributed by atoms with Crippen molar-refractivity contribution in [1.29, 1.82) is 0 Å². The Labute approximate surface area is 124 Å². The van der Waals surface area contributed by atoms with E-state index in [-0.39, 0.29) is 5.54 Å². The lowest BCUT2D eigenvalue weighted by molar-refractivity contribution is 0.176. The van der Waals surface area contributed by atoms with Crippen LogP contribution >= 0.6 is 11.3 Å². The first-order chi connectivity index (χ1) is 10.2. The van der Waals surface area contributed by atoms with Gasteiger partial charge in [0.15, 0.2) is 10.8 Å². The van der Waals surface area contributed by atoms with Gasteiger partial charge in [0.25, 0.3) is 0 Å². The minimum absolute atomic E-state index is 0.293. The molecule has 0 spiro atoms. The van der Waals surface area contributed by atoms with Crippen molar-refractivity contribution in [2.45, 2.75) is 31.4 Å². The molecule has 0 saturated heterocycles. The SMILES string of the molecule is COCc1nnc2sc(-c3cnc(C4(N)CCC4)[nH]3)nn12. The summed E-state index contributed by atoms with van der Waals surface area (Å²) in [6.45, 7) is 0.379. The maximum atomic E-state index is 6.28. The van der Waals surface area contributed by atoms with Crippen LogP contribution in [0.15, 0.2) is 6.20 Å². The molecule has 1 aliphatic rings. The Balaban J connectivity index is 1.70. The molecule has 9 heteroatoms. The topological polar surface area (TPSA) is 107 Å². The molecule has 3 N–H and O–H groups in total. The molecular formula is C12H15N7OS. The summed E-state index contributed by atoms with van der Waals surface area (Å²) in [5.74, 6) is 1.52. The highest BCUT2D eigenvalue weighted by Gasteiger charge is 2.37. The van der Waals surface area contributed by atoms with E-state index in [4.69, 9.17) is 10.5 Å². The van der Waals surface area contributed by atoms with Crippen molar-refractivity contribution in [3.8, 4) is 10.7 Å². The van der Waals surface area contributed by atoms with Crippen LogP contribution in [0.25, 0.3) is 15.7 Å². The summed E-state index contributed by atoms with van der Waals surface area (Å²) in [7, 11) is 1.62. The Kier molecular flexibility index (Phi) is 2.81. The summed E-state index contributed by atoms with van der Waals surface area (Å²) in [6, 6.07) is 0. The van der Waals surface area contributed by atoms with Gasteiger partial charge in [0.05, 0.1) is 17.4 Å². The molecule has 1 fully saturated rings. The highest BCUT2D eigenvalue weighted by atomic mass is 32.1. The number of nitrogens with two attached hydrogens (primary N) is 1. The van der Waals surface area contributed by atoms with Gasteiger partial charge in [0.2, 0.25) is 4.96 Å². The van der Waals surface area contributed by atoms with E-state index >= 15 is 0 Å². The van der Waals surface area contributed by atoms with Crippen molar-refractivity contribution >= 4 is 16.3 Å². The van der Waals surface area contributed by atoms with Crippen LogP contribution in [-0.2, 0) is 16.9 Å². The normalized spacial score (nSPS) is 17.2. The van der Waals surface area contributed by atoms with E-state index in [1.165, 1.54) is 11.3 Å². The molecule has 0 amide bonds. The number of hydrogen-bond acceptors (Lipinski definition) is 7. The number of rotatable bonds is 4. The number of ether oxygens (including phenoxy) is 1. The molecule has 0 aromatic carbocycles. The molecule has 3 aromatic rings. The van der Waals surface area contributed by atoms with Gasteiger partial charge in [-0.1, -0.05) is 11.3 Å². The lowest BCUT2D eigenvalue weighted by Gasteiger charge is -2.35. The third-order valence-corrected chi connectivity index (χ3v) is 4.78. The smallest absolute Gasteiger partial charge is 0.235 e. The molecule has 0 bridgehead atoms.